The van der Waals surface area contributed by atoms with Crippen molar-refractivity contribution in [3.8, 4) is 0 Å². The van der Waals surface area contributed by atoms with E-state index in [1.165, 1.54) is 51.4 Å². The number of carbonyl (C=O) groups excluding carboxylic acids is 2. The number of allylic oxidation sites excluding steroid dienone is 1. The molecule has 8 heteroatoms. The molecular weight excluding hydrogens is 320 g/mol. The lowest BCUT2D eigenvalue weighted by Crippen LogP contribution is -2.29. The first kappa shape index (κ1) is 18.9. The molecule has 0 aliphatic carbocycles. The van der Waals surface area contributed by atoms with E-state index in [2.05, 4.69) is 5.32 Å². The Morgan fingerprint density at radius 3 is 2.52 bits per heavy atom. The minimum absolute atomic E-state index is 0.0545. The van der Waals surface area contributed by atoms with Crippen LogP contribution in [0.3, 0.4) is 0 Å². The molecule has 0 radical (unpaired) electrons. The fraction of sp³-hybridized carbons (Fsp3) is 0.333. The second-order valence-corrected chi connectivity index (χ2v) is 7.04. The smallest absolute Gasteiger partial charge is 0.331 e. The zero-order chi connectivity index (χ0) is 17.6. The molecule has 0 saturated carbocycles. The second-order valence-electron chi connectivity index (χ2n) is 4.88. The monoisotopic (exact) mass is 340 g/mol. The van der Waals surface area contributed by atoms with E-state index in [1.54, 1.807) is 13.0 Å². The van der Waals surface area contributed by atoms with Gasteiger partial charge in [0.25, 0.3) is 5.91 Å². The average Bonchev–Trinajstić information content (AvgIpc) is 2.47. The largest absolute Gasteiger partial charge is 0.449 e. The molecule has 0 aliphatic rings. The highest BCUT2D eigenvalue weighted by Gasteiger charge is 2.20. The van der Waals surface area contributed by atoms with Crippen LogP contribution in [0.25, 0.3) is 0 Å². The summed E-state index contributed by atoms with van der Waals surface area (Å²) in [4.78, 5) is 23.3. The molecule has 1 atom stereocenters. The van der Waals surface area contributed by atoms with E-state index >= 15 is 0 Å². The zero-order valence-corrected chi connectivity index (χ0v) is 14.3. The van der Waals surface area contributed by atoms with Crippen LogP contribution in [-0.2, 0) is 24.3 Å². The van der Waals surface area contributed by atoms with Crippen molar-refractivity contribution in [3.05, 3.63) is 36.4 Å². The van der Waals surface area contributed by atoms with E-state index in [0.29, 0.717) is 5.69 Å². The SMILES string of the molecule is C/C=C/C(=O)O[C@H](C)C(=O)Nc1cccc(S(=O)(=O)N(C)C)c1. The first-order valence-corrected chi connectivity index (χ1v) is 8.29. The number of nitrogens with zero attached hydrogens (tertiary/aromatic N) is 1. The molecule has 0 bridgehead atoms. The maximum absolute atomic E-state index is 12.1. The Balaban J connectivity index is 2.86. The van der Waals surface area contributed by atoms with Crippen molar-refractivity contribution in [2.75, 3.05) is 19.4 Å². The molecule has 0 unspecified atom stereocenters. The number of amides is 1. The highest BCUT2D eigenvalue weighted by atomic mass is 32.2. The van der Waals surface area contributed by atoms with Gasteiger partial charge in [0.05, 0.1) is 4.90 Å². The quantitative estimate of drug-likeness (QED) is 0.624. The number of nitrogens with one attached hydrogen (secondary N) is 1. The third-order valence-corrected chi connectivity index (χ3v) is 4.66. The van der Waals surface area contributed by atoms with Crippen molar-refractivity contribution in [1.29, 1.82) is 0 Å². The van der Waals surface area contributed by atoms with Crippen LogP contribution in [0.2, 0.25) is 0 Å². The summed E-state index contributed by atoms with van der Waals surface area (Å²) < 4.78 is 30.1. The fourth-order valence-electron chi connectivity index (χ4n) is 1.59. The van der Waals surface area contributed by atoms with Gasteiger partial charge in [-0.2, -0.15) is 0 Å². The first-order chi connectivity index (χ1) is 10.7. The van der Waals surface area contributed by atoms with Gasteiger partial charge in [-0.25, -0.2) is 17.5 Å². The molecule has 1 aromatic carbocycles. The van der Waals surface area contributed by atoms with Gasteiger partial charge in [0.15, 0.2) is 6.10 Å². The summed E-state index contributed by atoms with van der Waals surface area (Å²) in [5, 5.41) is 2.52. The number of ether oxygens (including phenoxy) is 1. The number of sulfonamides is 1. The van der Waals surface area contributed by atoms with Gasteiger partial charge in [0.2, 0.25) is 10.0 Å². The van der Waals surface area contributed by atoms with Crippen LogP contribution >= 0.6 is 0 Å². The molecule has 126 valence electrons. The number of carbonyl (C=O) groups is 2. The third kappa shape index (κ3) is 5.19. The number of anilines is 1. The predicted octanol–water partition coefficient (Wildman–Crippen LogP) is 1.38. The number of rotatable bonds is 6. The fourth-order valence-corrected chi connectivity index (χ4v) is 2.54. The van der Waals surface area contributed by atoms with Crippen LogP contribution in [0.5, 0.6) is 0 Å². The summed E-state index contributed by atoms with van der Waals surface area (Å²) in [5.41, 5.74) is 0.298. The summed E-state index contributed by atoms with van der Waals surface area (Å²) in [5.74, 6) is -1.18. The molecule has 1 aromatic rings. The zero-order valence-electron chi connectivity index (χ0n) is 13.4. The van der Waals surface area contributed by atoms with E-state index < -0.39 is 28.0 Å². The van der Waals surface area contributed by atoms with Gasteiger partial charge in [-0.3, -0.25) is 4.79 Å². The predicted molar refractivity (Wildman–Crippen MR) is 86.3 cm³/mol. The third-order valence-electron chi connectivity index (χ3n) is 2.85. The topological polar surface area (TPSA) is 92.8 Å². The Morgan fingerprint density at radius 2 is 1.96 bits per heavy atom. The van der Waals surface area contributed by atoms with Gasteiger partial charge in [-0.15, -0.1) is 0 Å². The van der Waals surface area contributed by atoms with Crippen molar-refractivity contribution in [2.45, 2.75) is 24.8 Å². The van der Waals surface area contributed by atoms with Gasteiger partial charge in [0, 0.05) is 25.9 Å². The van der Waals surface area contributed by atoms with Crippen LogP contribution in [-0.4, -0.2) is 44.8 Å². The van der Waals surface area contributed by atoms with Gasteiger partial charge in [-0.05, 0) is 32.0 Å². The standard InChI is InChI=1S/C15H20N2O5S/c1-5-7-14(18)22-11(2)15(19)16-12-8-6-9-13(10-12)23(20,21)17(3)4/h5-11H,1-4H3,(H,16,19)/b7-5+/t11-/m1/s1. The van der Waals surface area contributed by atoms with Crippen molar-refractivity contribution >= 4 is 27.6 Å². The minimum Gasteiger partial charge on any atom is -0.449 e. The molecule has 23 heavy (non-hydrogen) atoms. The maximum Gasteiger partial charge on any atom is 0.331 e. The van der Waals surface area contributed by atoms with E-state index in [9.17, 15) is 18.0 Å². The summed E-state index contributed by atoms with van der Waals surface area (Å²) in [6.07, 6.45) is 1.70. The van der Waals surface area contributed by atoms with E-state index in [-0.39, 0.29) is 4.90 Å². The molecule has 1 rings (SSSR count). The van der Waals surface area contributed by atoms with E-state index in [0.717, 1.165) is 4.31 Å². The van der Waals surface area contributed by atoms with Crippen LogP contribution in [0.15, 0.2) is 41.3 Å². The highest BCUT2D eigenvalue weighted by Crippen LogP contribution is 2.18. The number of hydrogen-bond acceptors (Lipinski definition) is 5. The minimum atomic E-state index is -3.59. The van der Waals surface area contributed by atoms with E-state index in [4.69, 9.17) is 4.74 Å². The highest BCUT2D eigenvalue weighted by molar-refractivity contribution is 7.89. The normalized spacial score (nSPS) is 13.1. The molecule has 0 aromatic heterocycles. The van der Waals surface area contributed by atoms with Crippen LogP contribution in [0.4, 0.5) is 5.69 Å². The van der Waals surface area contributed by atoms with Crippen molar-refractivity contribution in [1.82, 2.24) is 4.31 Å². The molecular formula is C15H20N2O5S. The Labute approximate surface area is 136 Å². The Bertz CT molecular complexity index is 710. The number of benzene rings is 1. The lowest BCUT2D eigenvalue weighted by molar-refractivity contribution is -0.148. The molecule has 0 fully saturated rings. The Hall–Kier alpha value is -2.19. The van der Waals surface area contributed by atoms with Crippen LogP contribution in [0, 0.1) is 0 Å². The first-order valence-electron chi connectivity index (χ1n) is 6.85. The molecule has 0 aliphatic heterocycles. The molecule has 1 N–H and O–H groups in total. The second kappa shape index (κ2) is 7.89. The summed E-state index contributed by atoms with van der Waals surface area (Å²) in [6, 6.07) is 5.84. The van der Waals surface area contributed by atoms with Gasteiger partial charge >= 0.3 is 5.97 Å². The van der Waals surface area contributed by atoms with Crippen LogP contribution < -0.4 is 5.32 Å². The van der Waals surface area contributed by atoms with Gasteiger partial charge in [-0.1, -0.05) is 12.1 Å². The lowest BCUT2D eigenvalue weighted by Gasteiger charge is -2.14. The van der Waals surface area contributed by atoms with Crippen molar-refractivity contribution < 1.29 is 22.7 Å². The van der Waals surface area contributed by atoms with Gasteiger partial charge in [0.1, 0.15) is 0 Å². The summed E-state index contributed by atoms with van der Waals surface area (Å²) in [7, 11) is -0.754. The molecule has 7 nitrogen and oxygen atoms in total. The summed E-state index contributed by atoms with van der Waals surface area (Å²) in [6.45, 7) is 3.08. The Morgan fingerprint density at radius 1 is 1.30 bits per heavy atom. The average molecular weight is 340 g/mol. The van der Waals surface area contributed by atoms with E-state index in [1.807, 2.05) is 0 Å². The molecule has 0 heterocycles. The molecule has 0 spiro atoms. The Kier molecular flexibility index (Phi) is 6.47. The summed E-state index contributed by atoms with van der Waals surface area (Å²) >= 11 is 0. The van der Waals surface area contributed by atoms with Crippen molar-refractivity contribution in [3.63, 3.8) is 0 Å². The molecule has 1 amide bonds. The molecule has 0 saturated heterocycles. The number of esters is 1. The van der Waals surface area contributed by atoms with Gasteiger partial charge < -0.3 is 10.1 Å². The van der Waals surface area contributed by atoms with Crippen molar-refractivity contribution in [2.24, 2.45) is 0 Å². The van der Waals surface area contributed by atoms with Crippen LogP contribution in [0.1, 0.15) is 13.8 Å². The maximum atomic E-state index is 12.1. The lowest BCUT2D eigenvalue weighted by atomic mass is 10.3. The number of hydrogen-bond donors (Lipinski definition) is 1.